The van der Waals surface area contributed by atoms with Crippen LogP contribution in [0.4, 0.5) is 0 Å². The van der Waals surface area contributed by atoms with Crippen LogP contribution in [0.3, 0.4) is 0 Å². The summed E-state index contributed by atoms with van der Waals surface area (Å²) in [5.41, 5.74) is 2.44. The van der Waals surface area contributed by atoms with Crippen LogP contribution in [0.15, 0.2) is 33.9 Å². The van der Waals surface area contributed by atoms with E-state index < -0.39 is 10.0 Å². The molecule has 1 saturated carbocycles. The molecule has 0 saturated heterocycles. The van der Waals surface area contributed by atoms with E-state index in [0.29, 0.717) is 10.9 Å². The van der Waals surface area contributed by atoms with E-state index in [1.807, 2.05) is 12.1 Å². The number of benzene rings is 1. The van der Waals surface area contributed by atoms with E-state index in [0.717, 1.165) is 42.0 Å². The molecule has 0 radical (unpaired) electrons. The van der Waals surface area contributed by atoms with Gasteiger partial charge in [0.15, 0.2) is 4.21 Å². The second-order valence-corrected chi connectivity index (χ2v) is 10.2. The molecule has 24 heavy (non-hydrogen) atoms. The minimum atomic E-state index is -3.58. The molecule has 128 valence electrons. The predicted octanol–water partition coefficient (Wildman–Crippen LogP) is 4.53. The van der Waals surface area contributed by atoms with Gasteiger partial charge in [-0.15, -0.1) is 11.3 Å². The van der Waals surface area contributed by atoms with Gasteiger partial charge in [0.05, 0.1) is 5.02 Å². The Labute approximate surface area is 156 Å². The lowest BCUT2D eigenvalue weighted by Crippen LogP contribution is -2.41. The van der Waals surface area contributed by atoms with Gasteiger partial charge in [0.25, 0.3) is 10.0 Å². The molecule has 0 spiro atoms. The van der Waals surface area contributed by atoms with E-state index in [1.54, 1.807) is 11.4 Å². The number of halogens is 2. The molecule has 1 heterocycles. The minimum absolute atomic E-state index is 0.0587. The molecule has 0 aliphatic heterocycles. The van der Waals surface area contributed by atoms with Gasteiger partial charge in [0, 0.05) is 11.1 Å². The van der Waals surface area contributed by atoms with Gasteiger partial charge in [-0.3, -0.25) is 0 Å². The standard InChI is InChI=1S/C17H17Cl2NO2S2/c18-14-3-1-2-10-8-11-4-5-12(9-13(10)14)16(11)20-24(21,22)17-15(19)6-7-23-17/h1-3,6-7,11-12,16,20H,4-5,8-9H2. The average molecular weight is 402 g/mol. The number of hydrogen-bond donors (Lipinski definition) is 1. The van der Waals surface area contributed by atoms with Crippen molar-refractivity contribution in [3.8, 4) is 0 Å². The third kappa shape index (κ3) is 2.90. The molecule has 4 rings (SSSR count). The van der Waals surface area contributed by atoms with Crippen molar-refractivity contribution in [2.45, 2.75) is 35.9 Å². The van der Waals surface area contributed by atoms with Gasteiger partial charge in [-0.2, -0.15) is 0 Å². The summed E-state index contributed by atoms with van der Waals surface area (Å²) in [6.07, 6.45) is 3.78. The molecule has 2 aliphatic carbocycles. The van der Waals surface area contributed by atoms with E-state index in [9.17, 15) is 8.42 Å². The topological polar surface area (TPSA) is 46.2 Å². The number of nitrogens with one attached hydrogen (secondary N) is 1. The summed E-state index contributed by atoms with van der Waals surface area (Å²) in [6.45, 7) is 0. The maximum absolute atomic E-state index is 12.7. The van der Waals surface area contributed by atoms with Crippen LogP contribution in [0.25, 0.3) is 0 Å². The van der Waals surface area contributed by atoms with E-state index in [2.05, 4.69) is 10.8 Å². The Balaban J connectivity index is 1.65. The quantitative estimate of drug-likeness (QED) is 0.820. The largest absolute Gasteiger partial charge is 0.251 e. The first kappa shape index (κ1) is 16.9. The lowest BCUT2D eigenvalue weighted by molar-refractivity contribution is 0.386. The third-order valence-electron chi connectivity index (χ3n) is 5.21. The number of fused-ring (bicyclic) bond motifs is 3. The van der Waals surface area contributed by atoms with Crippen molar-refractivity contribution in [1.82, 2.24) is 4.72 Å². The number of rotatable bonds is 3. The number of sulfonamides is 1. The second kappa shape index (κ2) is 6.29. The summed E-state index contributed by atoms with van der Waals surface area (Å²) in [7, 11) is -3.58. The van der Waals surface area contributed by atoms with E-state index in [-0.39, 0.29) is 16.2 Å². The first-order chi connectivity index (χ1) is 11.5. The molecule has 3 nitrogen and oxygen atoms in total. The van der Waals surface area contributed by atoms with Gasteiger partial charge >= 0.3 is 0 Å². The Bertz CT molecular complexity index is 878. The van der Waals surface area contributed by atoms with Crippen LogP contribution < -0.4 is 4.72 Å². The Morgan fingerprint density at radius 1 is 1.04 bits per heavy atom. The Morgan fingerprint density at radius 3 is 2.50 bits per heavy atom. The van der Waals surface area contributed by atoms with Gasteiger partial charge in [0.2, 0.25) is 0 Å². The van der Waals surface area contributed by atoms with Crippen molar-refractivity contribution in [2.24, 2.45) is 11.8 Å². The average Bonchev–Trinajstić information content (AvgIpc) is 3.05. The van der Waals surface area contributed by atoms with Gasteiger partial charge in [0.1, 0.15) is 0 Å². The van der Waals surface area contributed by atoms with Gasteiger partial charge in [-0.25, -0.2) is 13.1 Å². The van der Waals surface area contributed by atoms with Gasteiger partial charge in [-0.1, -0.05) is 35.3 Å². The second-order valence-electron chi connectivity index (χ2n) is 6.59. The first-order valence-electron chi connectivity index (χ1n) is 7.97. The number of thiophene rings is 1. The van der Waals surface area contributed by atoms with E-state index in [1.165, 1.54) is 11.1 Å². The summed E-state index contributed by atoms with van der Waals surface area (Å²) in [5.74, 6) is 0.591. The van der Waals surface area contributed by atoms with Crippen LogP contribution in [-0.4, -0.2) is 14.5 Å². The molecule has 1 N–H and O–H groups in total. The van der Waals surface area contributed by atoms with Crippen molar-refractivity contribution in [1.29, 1.82) is 0 Å². The maximum atomic E-state index is 12.7. The maximum Gasteiger partial charge on any atom is 0.251 e. The molecular formula is C17H17Cl2NO2S2. The monoisotopic (exact) mass is 401 g/mol. The highest BCUT2D eigenvalue weighted by Gasteiger charge is 2.42. The van der Waals surface area contributed by atoms with Crippen molar-refractivity contribution < 1.29 is 8.42 Å². The van der Waals surface area contributed by atoms with Crippen LogP contribution in [0, 0.1) is 11.8 Å². The molecule has 2 bridgehead atoms. The summed E-state index contributed by atoms with van der Waals surface area (Å²) in [5, 5.41) is 2.79. The summed E-state index contributed by atoms with van der Waals surface area (Å²) < 4.78 is 28.6. The SMILES string of the molecule is O=S(=O)(NC1C2CCC1Cc1c(Cl)cccc1C2)c1sccc1Cl. The zero-order chi connectivity index (χ0) is 16.9. The van der Waals surface area contributed by atoms with Crippen molar-refractivity contribution in [3.63, 3.8) is 0 Å². The lowest BCUT2D eigenvalue weighted by atomic mass is 9.93. The zero-order valence-electron chi connectivity index (χ0n) is 12.8. The third-order valence-corrected chi connectivity index (χ3v) is 9.04. The van der Waals surface area contributed by atoms with Gasteiger partial charge < -0.3 is 0 Å². The minimum Gasteiger partial charge on any atom is -0.207 e. The Kier molecular flexibility index (Phi) is 4.42. The Hall–Kier alpha value is -0.590. The molecule has 1 aromatic carbocycles. The normalized spacial score (nSPS) is 26.2. The summed E-state index contributed by atoms with van der Waals surface area (Å²) in [6, 6.07) is 7.58. The van der Waals surface area contributed by atoms with Crippen molar-refractivity contribution in [3.05, 3.63) is 50.8 Å². The summed E-state index contributed by atoms with van der Waals surface area (Å²) in [4.78, 5) is 0. The van der Waals surface area contributed by atoms with Crippen molar-refractivity contribution >= 4 is 44.6 Å². The highest BCUT2D eigenvalue weighted by molar-refractivity contribution is 7.91. The van der Waals surface area contributed by atoms with Crippen LogP contribution >= 0.6 is 34.5 Å². The fourth-order valence-corrected chi connectivity index (χ4v) is 7.44. The molecule has 2 aliphatic rings. The van der Waals surface area contributed by atoms with Crippen LogP contribution in [0.1, 0.15) is 24.0 Å². The van der Waals surface area contributed by atoms with Crippen LogP contribution in [-0.2, 0) is 22.9 Å². The molecule has 1 aromatic heterocycles. The highest BCUT2D eigenvalue weighted by Crippen LogP contribution is 2.42. The highest BCUT2D eigenvalue weighted by atomic mass is 35.5. The molecule has 1 fully saturated rings. The lowest BCUT2D eigenvalue weighted by Gasteiger charge is -2.23. The van der Waals surface area contributed by atoms with Crippen molar-refractivity contribution in [2.75, 3.05) is 0 Å². The van der Waals surface area contributed by atoms with Crippen LogP contribution in [0.2, 0.25) is 10.0 Å². The van der Waals surface area contributed by atoms with Gasteiger partial charge in [-0.05, 0) is 66.2 Å². The molecule has 0 amide bonds. The molecule has 3 unspecified atom stereocenters. The molecular weight excluding hydrogens is 385 g/mol. The van der Waals surface area contributed by atoms with Crippen LogP contribution in [0.5, 0.6) is 0 Å². The first-order valence-corrected chi connectivity index (χ1v) is 11.1. The fraction of sp³-hybridized carbons (Fsp3) is 0.412. The fourth-order valence-electron chi connectivity index (χ4n) is 4.09. The predicted molar refractivity (Wildman–Crippen MR) is 98.5 cm³/mol. The molecule has 7 heteroatoms. The molecule has 2 aromatic rings. The van der Waals surface area contributed by atoms with E-state index >= 15 is 0 Å². The van der Waals surface area contributed by atoms with E-state index in [4.69, 9.17) is 23.2 Å². The molecule has 3 atom stereocenters. The smallest absolute Gasteiger partial charge is 0.207 e. The summed E-state index contributed by atoms with van der Waals surface area (Å²) >= 11 is 13.6. The zero-order valence-corrected chi connectivity index (χ0v) is 16.0. The Morgan fingerprint density at radius 2 is 1.79 bits per heavy atom. The number of hydrogen-bond acceptors (Lipinski definition) is 3.